The van der Waals surface area contributed by atoms with Gasteiger partial charge in [-0.25, -0.2) is 12.8 Å². The third kappa shape index (κ3) is 3.86. The first-order chi connectivity index (χ1) is 14.2. The lowest BCUT2D eigenvalue weighted by molar-refractivity contribution is -0.140. The molecule has 2 nitrogen and oxygen atoms in total. The smallest absolute Gasteiger partial charge is 0.214 e. The topological polar surface area (TPSA) is 34.1 Å². The van der Waals surface area contributed by atoms with Crippen LogP contribution in [0.4, 0.5) is 30.7 Å². The van der Waals surface area contributed by atoms with Crippen LogP contribution in [0, 0.1) is 11.2 Å². The van der Waals surface area contributed by atoms with Crippen LogP contribution in [0.3, 0.4) is 0 Å². The van der Waals surface area contributed by atoms with Crippen LogP contribution >= 0.6 is 0 Å². The number of hydrogen-bond donors (Lipinski definition) is 0. The van der Waals surface area contributed by atoms with E-state index < -0.39 is 37.8 Å². The van der Waals surface area contributed by atoms with Crippen molar-refractivity contribution in [3.05, 3.63) is 65.0 Å². The Morgan fingerprint density at radius 3 is 1.77 bits per heavy atom. The fourth-order valence-corrected chi connectivity index (χ4v) is 4.77. The Balaban J connectivity index is 1.78. The second-order valence-corrected chi connectivity index (χ2v) is 9.92. The Bertz CT molecular complexity index is 1170. The van der Waals surface area contributed by atoms with Crippen LogP contribution in [0.1, 0.15) is 42.4 Å². The minimum atomic E-state index is -5.50. The van der Waals surface area contributed by atoms with Gasteiger partial charge >= 0.3 is 11.7 Å². The van der Waals surface area contributed by atoms with Crippen LogP contribution in [0.2, 0.25) is 0 Å². The van der Waals surface area contributed by atoms with E-state index in [-0.39, 0.29) is 11.0 Å². The molecule has 0 aliphatic heterocycles. The molecular weight excluding hydrogens is 449 g/mol. The van der Waals surface area contributed by atoms with Gasteiger partial charge in [0.15, 0.2) is 0 Å². The summed E-state index contributed by atoms with van der Waals surface area (Å²) in [5.74, 6) is -1.39. The molecule has 0 unspecified atom stereocenters. The van der Waals surface area contributed by atoms with E-state index in [0.29, 0.717) is 29.6 Å². The van der Waals surface area contributed by atoms with Gasteiger partial charge in [0.25, 0.3) is 9.84 Å². The van der Waals surface area contributed by atoms with E-state index in [1.54, 1.807) is 0 Å². The summed E-state index contributed by atoms with van der Waals surface area (Å²) in [5, 5.41) is 0. The second-order valence-electron chi connectivity index (χ2n) is 7.98. The SMILES string of the molecule is O=S(=O)(c1ccc(C2=C(c3ccc(F)c(C(F)(F)F)c3)CC3(CC3)C2)cc1)C(F)(F)F. The summed E-state index contributed by atoms with van der Waals surface area (Å²) in [5.41, 5.74) is -5.12. The van der Waals surface area contributed by atoms with Gasteiger partial charge in [-0.15, -0.1) is 0 Å². The second kappa shape index (κ2) is 6.82. The van der Waals surface area contributed by atoms with E-state index in [1.165, 1.54) is 18.2 Å². The molecule has 31 heavy (non-hydrogen) atoms. The molecule has 1 spiro atoms. The molecule has 0 aromatic heterocycles. The van der Waals surface area contributed by atoms with Crippen molar-refractivity contribution < 1.29 is 39.2 Å². The minimum Gasteiger partial charge on any atom is -0.214 e. The minimum absolute atomic E-state index is 0.117. The molecule has 2 aliphatic rings. The first-order valence-corrected chi connectivity index (χ1v) is 10.7. The van der Waals surface area contributed by atoms with Gasteiger partial charge in [0.1, 0.15) is 5.82 Å². The first kappa shape index (κ1) is 21.9. The zero-order chi connectivity index (χ0) is 22.8. The molecule has 0 amide bonds. The Labute approximate surface area is 173 Å². The van der Waals surface area contributed by atoms with Gasteiger partial charge in [0.05, 0.1) is 10.5 Å². The van der Waals surface area contributed by atoms with E-state index in [1.807, 2.05) is 0 Å². The summed E-state index contributed by atoms with van der Waals surface area (Å²) in [6, 6.07) is 6.88. The standard InChI is InChI=1S/C21H15F7O2S/c22-18-6-3-13(9-17(18)20(23,24)25)16-11-19(7-8-19)10-15(16)12-1-4-14(5-2-12)31(29,30)21(26,27)28/h1-6,9H,7-8,10-11H2. The highest BCUT2D eigenvalue weighted by Crippen LogP contribution is 2.63. The maximum absolute atomic E-state index is 13.7. The van der Waals surface area contributed by atoms with Gasteiger partial charge in [0, 0.05) is 0 Å². The molecule has 0 atom stereocenters. The van der Waals surface area contributed by atoms with Crippen LogP contribution < -0.4 is 0 Å². The van der Waals surface area contributed by atoms with Crippen LogP contribution in [0.5, 0.6) is 0 Å². The van der Waals surface area contributed by atoms with Crippen LogP contribution in [-0.2, 0) is 16.0 Å². The van der Waals surface area contributed by atoms with Crippen molar-refractivity contribution in [1.29, 1.82) is 0 Å². The lowest BCUT2D eigenvalue weighted by atomic mass is 9.95. The number of sulfone groups is 1. The molecule has 10 heteroatoms. The molecule has 2 aromatic rings. The van der Waals surface area contributed by atoms with Crippen molar-refractivity contribution >= 4 is 21.0 Å². The van der Waals surface area contributed by atoms with E-state index in [0.717, 1.165) is 37.1 Å². The highest BCUT2D eigenvalue weighted by molar-refractivity contribution is 7.92. The number of alkyl halides is 6. The number of halogens is 7. The summed E-state index contributed by atoms with van der Waals surface area (Å²) in [6.45, 7) is 0. The molecule has 0 bridgehead atoms. The van der Waals surface area contributed by atoms with Crippen molar-refractivity contribution in [2.24, 2.45) is 5.41 Å². The Hall–Kier alpha value is -2.36. The normalized spacial score (nSPS) is 18.7. The van der Waals surface area contributed by atoms with Crippen molar-refractivity contribution in [2.75, 3.05) is 0 Å². The van der Waals surface area contributed by atoms with Crippen molar-refractivity contribution in [3.63, 3.8) is 0 Å². The Morgan fingerprint density at radius 2 is 1.29 bits per heavy atom. The zero-order valence-electron chi connectivity index (χ0n) is 15.7. The average Bonchev–Trinajstić information content (AvgIpc) is 3.31. The average molecular weight is 464 g/mol. The maximum atomic E-state index is 13.7. The van der Waals surface area contributed by atoms with E-state index in [4.69, 9.17) is 0 Å². The lowest BCUT2D eigenvalue weighted by Crippen LogP contribution is -2.23. The molecule has 1 fully saturated rings. The molecule has 0 N–H and O–H groups in total. The molecule has 0 radical (unpaired) electrons. The third-order valence-electron chi connectivity index (χ3n) is 5.86. The van der Waals surface area contributed by atoms with Gasteiger partial charge in [-0.1, -0.05) is 18.2 Å². The highest BCUT2D eigenvalue weighted by atomic mass is 32.2. The molecule has 4 rings (SSSR count). The molecule has 166 valence electrons. The molecule has 0 heterocycles. The summed E-state index contributed by atoms with van der Waals surface area (Å²) in [7, 11) is -5.50. The molecule has 2 aromatic carbocycles. The predicted octanol–water partition coefficient (Wildman–Crippen LogP) is 6.62. The van der Waals surface area contributed by atoms with E-state index in [9.17, 15) is 39.2 Å². The monoisotopic (exact) mass is 464 g/mol. The van der Waals surface area contributed by atoms with Gasteiger partial charge in [0.2, 0.25) is 0 Å². The zero-order valence-corrected chi connectivity index (χ0v) is 16.6. The number of rotatable bonds is 3. The predicted molar refractivity (Wildman–Crippen MR) is 98.8 cm³/mol. The highest BCUT2D eigenvalue weighted by Gasteiger charge is 2.49. The van der Waals surface area contributed by atoms with Gasteiger partial charge in [-0.05, 0) is 77.6 Å². The fraction of sp³-hybridized carbons (Fsp3) is 0.333. The van der Waals surface area contributed by atoms with Gasteiger partial charge < -0.3 is 0 Å². The van der Waals surface area contributed by atoms with E-state index in [2.05, 4.69) is 0 Å². The van der Waals surface area contributed by atoms with Crippen molar-refractivity contribution in [3.8, 4) is 0 Å². The van der Waals surface area contributed by atoms with Crippen molar-refractivity contribution in [1.82, 2.24) is 0 Å². The first-order valence-electron chi connectivity index (χ1n) is 9.25. The lowest BCUT2D eigenvalue weighted by Gasteiger charge is -2.13. The quantitative estimate of drug-likeness (QED) is 0.479. The molecular formula is C21H15F7O2S. The van der Waals surface area contributed by atoms with Gasteiger partial charge in [-0.3, -0.25) is 0 Å². The summed E-state index contributed by atoms with van der Waals surface area (Å²) < 4.78 is 115. The van der Waals surface area contributed by atoms with Gasteiger partial charge in [-0.2, -0.15) is 26.3 Å². The largest absolute Gasteiger partial charge is 0.501 e. The maximum Gasteiger partial charge on any atom is 0.501 e. The Kier molecular flexibility index (Phi) is 4.81. The summed E-state index contributed by atoms with van der Waals surface area (Å²) in [6.07, 6.45) is -2.19. The van der Waals surface area contributed by atoms with Crippen LogP contribution in [0.25, 0.3) is 11.1 Å². The van der Waals surface area contributed by atoms with Crippen molar-refractivity contribution in [2.45, 2.75) is 42.3 Å². The molecule has 2 aliphatic carbocycles. The number of allylic oxidation sites excluding steroid dienone is 2. The fourth-order valence-electron chi connectivity index (χ4n) is 4.01. The van der Waals surface area contributed by atoms with Crippen LogP contribution in [-0.4, -0.2) is 13.9 Å². The summed E-state index contributed by atoms with van der Waals surface area (Å²) >= 11 is 0. The number of benzene rings is 2. The molecule has 1 saturated carbocycles. The molecule has 0 saturated heterocycles. The van der Waals surface area contributed by atoms with E-state index >= 15 is 0 Å². The summed E-state index contributed by atoms with van der Waals surface area (Å²) in [4.78, 5) is -0.911. The Morgan fingerprint density at radius 1 is 0.774 bits per heavy atom. The number of hydrogen-bond acceptors (Lipinski definition) is 2. The third-order valence-corrected chi connectivity index (χ3v) is 7.37. The van der Waals surface area contributed by atoms with Crippen LogP contribution in [0.15, 0.2) is 47.4 Å².